The molecule has 1 aliphatic carbocycles. The molecule has 1 aliphatic heterocycles. The van der Waals surface area contributed by atoms with Gasteiger partial charge in [0.2, 0.25) is 0 Å². The first-order chi connectivity index (χ1) is 6.92. The fourth-order valence-corrected chi connectivity index (χ4v) is 2.96. The van der Waals surface area contributed by atoms with Gasteiger partial charge in [0.05, 0.1) is 13.2 Å². The van der Waals surface area contributed by atoms with Crippen LogP contribution in [0.2, 0.25) is 0 Å². The molecule has 0 bridgehead atoms. The van der Waals surface area contributed by atoms with E-state index < -0.39 is 0 Å². The Morgan fingerprint density at radius 2 is 2.00 bits per heavy atom. The van der Waals surface area contributed by atoms with Gasteiger partial charge >= 0.3 is 0 Å². The lowest BCUT2D eigenvalue weighted by Crippen LogP contribution is -2.45. The van der Waals surface area contributed by atoms with Crippen molar-refractivity contribution in [3.8, 4) is 0 Å². The minimum Gasteiger partial charge on any atom is -0.379 e. The first kappa shape index (κ1) is 10.4. The maximum absolute atomic E-state index is 5.66. The summed E-state index contributed by atoms with van der Waals surface area (Å²) in [5.74, 6) is 0.859. The van der Waals surface area contributed by atoms with Gasteiger partial charge < -0.3 is 10.5 Å². The summed E-state index contributed by atoms with van der Waals surface area (Å²) >= 11 is 0. The minimum atomic E-state index is 0.808. The lowest BCUT2D eigenvalue weighted by Gasteiger charge is -2.35. The molecule has 82 valence electrons. The summed E-state index contributed by atoms with van der Waals surface area (Å²) in [6.45, 7) is 4.96. The molecule has 0 aromatic rings. The molecule has 2 N–H and O–H groups in total. The third-order valence-corrected chi connectivity index (χ3v) is 3.67. The molecular weight excluding hydrogens is 176 g/mol. The topological polar surface area (TPSA) is 38.5 Å². The second-order valence-electron chi connectivity index (χ2n) is 4.48. The number of ether oxygens (including phenoxy) is 1. The van der Waals surface area contributed by atoms with Crippen molar-refractivity contribution in [1.82, 2.24) is 4.90 Å². The highest BCUT2D eigenvalue weighted by molar-refractivity contribution is 4.86. The van der Waals surface area contributed by atoms with Gasteiger partial charge in [-0.15, -0.1) is 0 Å². The van der Waals surface area contributed by atoms with Gasteiger partial charge in [-0.25, -0.2) is 0 Å². The fourth-order valence-electron chi connectivity index (χ4n) is 2.96. The van der Waals surface area contributed by atoms with Gasteiger partial charge in [0.25, 0.3) is 0 Å². The van der Waals surface area contributed by atoms with E-state index in [0.29, 0.717) is 0 Å². The van der Waals surface area contributed by atoms with Crippen LogP contribution in [0.25, 0.3) is 0 Å². The molecular formula is C11H22N2O. The Labute approximate surface area is 86.6 Å². The van der Waals surface area contributed by atoms with E-state index >= 15 is 0 Å². The first-order valence-corrected chi connectivity index (χ1v) is 5.93. The molecule has 0 radical (unpaired) electrons. The van der Waals surface area contributed by atoms with E-state index in [0.717, 1.165) is 44.8 Å². The summed E-state index contributed by atoms with van der Waals surface area (Å²) < 4.78 is 5.39. The van der Waals surface area contributed by atoms with Crippen molar-refractivity contribution in [3.05, 3.63) is 0 Å². The molecule has 3 nitrogen and oxygen atoms in total. The van der Waals surface area contributed by atoms with Gasteiger partial charge in [0.1, 0.15) is 0 Å². The molecule has 2 atom stereocenters. The molecule has 0 aromatic heterocycles. The number of nitrogens with zero attached hydrogens (tertiary/aromatic N) is 1. The molecule has 3 heteroatoms. The number of morpholine rings is 1. The van der Waals surface area contributed by atoms with Crippen molar-refractivity contribution in [2.45, 2.75) is 31.7 Å². The third-order valence-electron chi connectivity index (χ3n) is 3.67. The molecule has 1 heterocycles. The number of hydrogen-bond acceptors (Lipinski definition) is 3. The molecule has 0 aromatic carbocycles. The zero-order chi connectivity index (χ0) is 9.80. The van der Waals surface area contributed by atoms with E-state index in [4.69, 9.17) is 10.5 Å². The summed E-state index contributed by atoms with van der Waals surface area (Å²) in [7, 11) is 0. The highest BCUT2D eigenvalue weighted by atomic mass is 16.5. The second-order valence-corrected chi connectivity index (χ2v) is 4.48. The number of nitrogens with two attached hydrogens (primary N) is 1. The highest BCUT2D eigenvalue weighted by Gasteiger charge is 2.31. The Morgan fingerprint density at radius 3 is 2.71 bits per heavy atom. The quantitative estimate of drug-likeness (QED) is 0.730. The van der Waals surface area contributed by atoms with E-state index in [1.54, 1.807) is 0 Å². The van der Waals surface area contributed by atoms with E-state index in [9.17, 15) is 0 Å². The van der Waals surface area contributed by atoms with Crippen molar-refractivity contribution < 1.29 is 4.74 Å². The summed E-state index contributed by atoms with van der Waals surface area (Å²) in [4.78, 5) is 2.62. The van der Waals surface area contributed by atoms with Crippen LogP contribution in [0.15, 0.2) is 0 Å². The summed E-state index contributed by atoms with van der Waals surface area (Å²) in [6, 6.07) is 0.808. The largest absolute Gasteiger partial charge is 0.379 e. The molecule has 1 saturated carbocycles. The van der Waals surface area contributed by atoms with E-state index in [1.165, 1.54) is 25.7 Å². The molecule has 2 rings (SSSR count). The normalized spacial score (nSPS) is 34.9. The van der Waals surface area contributed by atoms with Gasteiger partial charge in [-0.3, -0.25) is 4.90 Å². The molecule has 0 spiro atoms. The van der Waals surface area contributed by atoms with E-state index in [-0.39, 0.29) is 0 Å². The molecule has 2 unspecified atom stereocenters. The predicted molar refractivity (Wildman–Crippen MR) is 57.2 cm³/mol. The van der Waals surface area contributed by atoms with Crippen LogP contribution in [0.4, 0.5) is 0 Å². The Hall–Kier alpha value is -0.120. The Kier molecular flexibility index (Phi) is 3.79. The second kappa shape index (κ2) is 5.10. The van der Waals surface area contributed by atoms with Crippen LogP contribution < -0.4 is 5.73 Å². The van der Waals surface area contributed by atoms with Crippen LogP contribution in [0, 0.1) is 5.92 Å². The highest BCUT2D eigenvalue weighted by Crippen LogP contribution is 2.32. The fraction of sp³-hybridized carbons (Fsp3) is 1.00. The van der Waals surface area contributed by atoms with E-state index in [2.05, 4.69) is 4.90 Å². The van der Waals surface area contributed by atoms with Crippen molar-refractivity contribution in [2.24, 2.45) is 11.7 Å². The monoisotopic (exact) mass is 198 g/mol. The van der Waals surface area contributed by atoms with Crippen LogP contribution in [0.5, 0.6) is 0 Å². The zero-order valence-corrected chi connectivity index (χ0v) is 8.95. The third kappa shape index (κ3) is 2.27. The lowest BCUT2D eigenvalue weighted by atomic mass is 9.98. The molecule has 1 saturated heterocycles. The van der Waals surface area contributed by atoms with Crippen molar-refractivity contribution in [2.75, 3.05) is 32.8 Å². The van der Waals surface area contributed by atoms with Crippen molar-refractivity contribution in [1.29, 1.82) is 0 Å². The van der Waals surface area contributed by atoms with Crippen molar-refractivity contribution >= 4 is 0 Å². The molecule has 0 amide bonds. The van der Waals surface area contributed by atoms with Crippen LogP contribution in [-0.2, 0) is 4.74 Å². The Bertz CT molecular complexity index is 169. The lowest BCUT2D eigenvalue weighted by molar-refractivity contribution is 0.00766. The zero-order valence-electron chi connectivity index (χ0n) is 8.95. The first-order valence-electron chi connectivity index (χ1n) is 5.93. The molecule has 2 fully saturated rings. The Balaban J connectivity index is 1.87. The SMILES string of the molecule is NCCC1CCCC1N1CCOCC1. The minimum absolute atomic E-state index is 0.808. The van der Waals surface area contributed by atoms with Crippen LogP contribution >= 0.6 is 0 Å². The van der Waals surface area contributed by atoms with Gasteiger partial charge in [0, 0.05) is 19.1 Å². The number of hydrogen-bond donors (Lipinski definition) is 1. The standard InChI is InChI=1S/C11H22N2O/c12-5-4-10-2-1-3-11(10)13-6-8-14-9-7-13/h10-11H,1-9,12H2. The maximum atomic E-state index is 5.66. The van der Waals surface area contributed by atoms with Gasteiger partial charge in [-0.05, 0) is 31.7 Å². The average Bonchev–Trinajstić information content (AvgIpc) is 2.68. The number of rotatable bonds is 3. The van der Waals surface area contributed by atoms with Crippen LogP contribution in [0.1, 0.15) is 25.7 Å². The maximum Gasteiger partial charge on any atom is 0.0594 e. The summed E-state index contributed by atoms with van der Waals surface area (Å²) in [5, 5.41) is 0. The summed E-state index contributed by atoms with van der Waals surface area (Å²) in [5.41, 5.74) is 5.66. The van der Waals surface area contributed by atoms with Crippen LogP contribution in [0.3, 0.4) is 0 Å². The molecule has 2 aliphatic rings. The van der Waals surface area contributed by atoms with Gasteiger partial charge in [0.15, 0.2) is 0 Å². The smallest absolute Gasteiger partial charge is 0.0594 e. The predicted octanol–water partition coefficient (Wildman–Crippen LogP) is 0.836. The van der Waals surface area contributed by atoms with Gasteiger partial charge in [-0.1, -0.05) is 6.42 Å². The molecule has 14 heavy (non-hydrogen) atoms. The van der Waals surface area contributed by atoms with E-state index in [1.807, 2.05) is 0 Å². The van der Waals surface area contributed by atoms with Crippen LogP contribution in [-0.4, -0.2) is 43.8 Å². The summed E-state index contributed by atoms with van der Waals surface area (Å²) in [6.07, 6.45) is 5.37. The Morgan fingerprint density at radius 1 is 1.21 bits per heavy atom. The van der Waals surface area contributed by atoms with Crippen molar-refractivity contribution in [3.63, 3.8) is 0 Å². The van der Waals surface area contributed by atoms with Gasteiger partial charge in [-0.2, -0.15) is 0 Å². The average molecular weight is 198 g/mol.